The van der Waals surface area contributed by atoms with Gasteiger partial charge < -0.3 is 20.4 Å². The minimum atomic E-state index is -1.29. The lowest BCUT2D eigenvalue weighted by molar-refractivity contribution is -0.282. The van der Waals surface area contributed by atoms with Crippen molar-refractivity contribution in [1.82, 2.24) is 0 Å². The molecular weight excluding hydrogens is 400 g/mol. The molecule has 0 heterocycles. The van der Waals surface area contributed by atoms with Crippen LogP contribution in [0.25, 0.3) is 0 Å². The summed E-state index contributed by atoms with van der Waals surface area (Å²) in [6, 6.07) is 0. The second kappa shape index (κ2) is 8.50. The van der Waals surface area contributed by atoms with Crippen LogP contribution in [0.4, 0.5) is 0 Å². The maximum absolute atomic E-state index is 11.6. The van der Waals surface area contributed by atoms with Crippen molar-refractivity contribution >= 4 is 0 Å². The van der Waals surface area contributed by atoms with E-state index in [1.54, 1.807) is 0 Å². The summed E-state index contributed by atoms with van der Waals surface area (Å²) in [6.45, 7) is 14.0. The second-order valence-electron chi connectivity index (χ2n) is 13.5. The topological polar surface area (TPSA) is 80.9 Å². The van der Waals surface area contributed by atoms with Gasteiger partial charge in [0.25, 0.3) is 0 Å². The highest BCUT2D eigenvalue weighted by Gasteiger charge is 2.69. The first kappa shape index (κ1) is 24.9. The number of rotatable bonds is 5. The summed E-state index contributed by atoms with van der Waals surface area (Å²) in [4.78, 5) is 0. The molecule has 186 valence electrons. The van der Waals surface area contributed by atoms with Gasteiger partial charge >= 0.3 is 0 Å². The van der Waals surface area contributed by atoms with Crippen molar-refractivity contribution in [3.05, 3.63) is 0 Å². The normalized spacial score (nSPS) is 52.8. The predicted octanol–water partition coefficient (Wildman–Crippen LogP) is 4.77. The summed E-state index contributed by atoms with van der Waals surface area (Å²) in [5.74, 6) is 3.53. The van der Waals surface area contributed by atoms with Crippen molar-refractivity contribution in [2.45, 2.75) is 123 Å². The second-order valence-corrected chi connectivity index (χ2v) is 13.5. The molecule has 4 fully saturated rings. The third-order valence-electron chi connectivity index (χ3n) is 11.7. The Morgan fingerprint density at radius 2 is 1.59 bits per heavy atom. The highest BCUT2D eigenvalue weighted by atomic mass is 16.3. The van der Waals surface area contributed by atoms with Crippen molar-refractivity contribution in [3.8, 4) is 0 Å². The average molecular weight is 451 g/mol. The standard InChI is InChI=1S/C28H50O4/c1-16(2)17(3)7-8-18(4)21-9-10-22-20-13-24(31)28(32)14-19(29)11-12-27(28,6)25(20)23(30)15-26(21,22)5/h16-25,29-32H,7-15H2,1-6H3/t17?,18?,19-,20?,21+,22?,23?,24+,25?,26+,27+,28?/m0/s1. The first-order valence-corrected chi connectivity index (χ1v) is 13.6. The highest BCUT2D eigenvalue weighted by Crippen LogP contribution is 2.69. The van der Waals surface area contributed by atoms with Gasteiger partial charge in [0.05, 0.1) is 23.9 Å². The van der Waals surface area contributed by atoms with Gasteiger partial charge in [0, 0.05) is 11.8 Å². The van der Waals surface area contributed by atoms with Crippen molar-refractivity contribution in [2.75, 3.05) is 0 Å². The van der Waals surface area contributed by atoms with Crippen LogP contribution in [-0.2, 0) is 0 Å². The van der Waals surface area contributed by atoms with Crippen LogP contribution < -0.4 is 0 Å². The molecule has 4 N–H and O–H groups in total. The van der Waals surface area contributed by atoms with E-state index in [4.69, 9.17) is 0 Å². The lowest BCUT2D eigenvalue weighted by Gasteiger charge is -2.66. The Morgan fingerprint density at radius 3 is 2.25 bits per heavy atom. The smallest absolute Gasteiger partial charge is 0.0986 e. The van der Waals surface area contributed by atoms with Crippen LogP contribution in [0, 0.1) is 52.3 Å². The molecule has 0 aromatic rings. The molecule has 4 aliphatic carbocycles. The van der Waals surface area contributed by atoms with E-state index in [1.165, 1.54) is 25.7 Å². The molecule has 4 aliphatic rings. The molecule has 12 atom stereocenters. The molecule has 0 bridgehead atoms. The number of aliphatic hydroxyl groups is 4. The SMILES string of the molecule is CC(C)C(C)CCC(C)[C@H]1CCC2C3C[C@@H](O)C4(O)C[C@@H](O)CC[C@]4(C)C3C(O)C[C@@]21C. The monoisotopic (exact) mass is 450 g/mol. The Morgan fingerprint density at radius 1 is 0.906 bits per heavy atom. The minimum Gasteiger partial charge on any atom is -0.393 e. The Hall–Kier alpha value is -0.160. The van der Waals surface area contributed by atoms with E-state index in [-0.39, 0.29) is 23.7 Å². The highest BCUT2D eigenvalue weighted by molar-refractivity contribution is 5.19. The molecule has 0 aliphatic heterocycles. The molecule has 0 aromatic carbocycles. The summed E-state index contributed by atoms with van der Waals surface area (Å²) in [5.41, 5.74) is -1.72. The van der Waals surface area contributed by atoms with E-state index in [0.29, 0.717) is 37.0 Å². The van der Waals surface area contributed by atoms with Crippen molar-refractivity contribution in [1.29, 1.82) is 0 Å². The van der Waals surface area contributed by atoms with Crippen molar-refractivity contribution in [2.24, 2.45) is 52.3 Å². The number of fused-ring (bicyclic) bond motifs is 5. The molecule has 4 heteroatoms. The summed E-state index contributed by atoms with van der Waals surface area (Å²) < 4.78 is 0. The largest absolute Gasteiger partial charge is 0.393 e. The zero-order valence-corrected chi connectivity index (χ0v) is 21.4. The number of hydrogen-bond donors (Lipinski definition) is 4. The fourth-order valence-corrected chi connectivity index (χ4v) is 9.42. The van der Waals surface area contributed by atoms with Gasteiger partial charge in [0.1, 0.15) is 0 Å². The molecule has 4 nitrogen and oxygen atoms in total. The zero-order chi connectivity index (χ0) is 23.6. The maximum atomic E-state index is 11.6. The zero-order valence-electron chi connectivity index (χ0n) is 21.4. The third kappa shape index (κ3) is 3.62. The molecule has 4 rings (SSSR count). The Kier molecular flexibility index (Phi) is 6.63. The summed E-state index contributed by atoms with van der Waals surface area (Å²) >= 11 is 0. The van der Waals surface area contributed by atoms with E-state index in [9.17, 15) is 20.4 Å². The van der Waals surface area contributed by atoms with Crippen LogP contribution in [0.1, 0.15) is 99.3 Å². The first-order valence-electron chi connectivity index (χ1n) is 13.6. The number of hydrogen-bond acceptors (Lipinski definition) is 4. The van der Waals surface area contributed by atoms with E-state index in [2.05, 4.69) is 41.5 Å². The van der Waals surface area contributed by atoms with Crippen molar-refractivity contribution < 1.29 is 20.4 Å². The summed E-state index contributed by atoms with van der Waals surface area (Å²) in [6.07, 6.45) is 6.06. The van der Waals surface area contributed by atoms with E-state index in [0.717, 1.165) is 18.3 Å². The van der Waals surface area contributed by atoms with E-state index < -0.39 is 29.3 Å². The van der Waals surface area contributed by atoms with Crippen LogP contribution in [-0.4, -0.2) is 44.3 Å². The first-order chi connectivity index (χ1) is 14.8. The fraction of sp³-hybridized carbons (Fsp3) is 1.00. The quantitative estimate of drug-likeness (QED) is 0.486. The Balaban J connectivity index is 1.57. The van der Waals surface area contributed by atoms with Gasteiger partial charge in [-0.1, -0.05) is 54.4 Å². The van der Waals surface area contributed by atoms with Crippen LogP contribution in [0.2, 0.25) is 0 Å². The average Bonchev–Trinajstić information content (AvgIpc) is 3.04. The van der Waals surface area contributed by atoms with Gasteiger partial charge in [0.15, 0.2) is 0 Å². The van der Waals surface area contributed by atoms with Gasteiger partial charge in [-0.2, -0.15) is 0 Å². The molecule has 7 unspecified atom stereocenters. The molecule has 0 saturated heterocycles. The fourth-order valence-electron chi connectivity index (χ4n) is 9.42. The van der Waals surface area contributed by atoms with E-state index in [1.807, 2.05) is 0 Å². The summed E-state index contributed by atoms with van der Waals surface area (Å²) in [7, 11) is 0. The van der Waals surface area contributed by atoms with Gasteiger partial charge in [-0.3, -0.25) is 0 Å². The van der Waals surface area contributed by atoms with Crippen LogP contribution >= 0.6 is 0 Å². The van der Waals surface area contributed by atoms with Crippen LogP contribution in [0.15, 0.2) is 0 Å². The van der Waals surface area contributed by atoms with Gasteiger partial charge in [-0.15, -0.1) is 0 Å². The maximum Gasteiger partial charge on any atom is 0.0986 e. The van der Waals surface area contributed by atoms with Crippen LogP contribution in [0.5, 0.6) is 0 Å². The molecule has 0 spiro atoms. The third-order valence-corrected chi connectivity index (χ3v) is 11.7. The lowest BCUT2D eigenvalue weighted by atomic mass is 9.41. The van der Waals surface area contributed by atoms with Gasteiger partial charge in [-0.05, 0) is 85.4 Å². The molecule has 32 heavy (non-hydrogen) atoms. The molecule has 0 radical (unpaired) electrons. The lowest BCUT2D eigenvalue weighted by Crippen LogP contribution is -2.71. The van der Waals surface area contributed by atoms with Gasteiger partial charge in [-0.25, -0.2) is 0 Å². The predicted molar refractivity (Wildman–Crippen MR) is 128 cm³/mol. The Labute approximate surface area is 196 Å². The van der Waals surface area contributed by atoms with Crippen molar-refractivity contribution in [3.63, 3.8) is 0 Å². The molecular formula is C28H50O4. The minimum absolute atomic E-state index is 0.0106. The number of aliphatic hydroxyl groups excluding tert-OH is 3. The van der Waals surface area contributed by atoms with Gasteiger partial charge in [0.2, 0.25) is 0 Å². The van der Waals surface area contributed by atoms with Crippen LogP contribution in [0.3, 0.4) is 0 Å². The molecule has 0 aromatic heterocycles. The molecule has 4 saturated carbocycles. The summed E-state index contributed by atoms with van der Waals surface area (Å²) in [5, 5.41) is 44.7. The van der Waals surface area contributed by atoms with E-state index >= 15 is 0 Å². The molecule has 0 amide bonds. The Bertz CT molecular complexity index is 680.